The number of fused-ring (bicyclic) bond motifs is 1. The molecule has 0 amide bonds. The summed E-state index contributed by atoms with van der Waals surface area (Å²) in [5.74, 6) is 1.62. The van der Waals surface area contributed by atoms with E-state index in [1.807, 2.05) is 35.0 Å². The van der Waals surface area contributed by atoms with Crippen molar-refractivity contribution >= 4 is 11.3 Å². The molecule has 0 bridgehead atoms. The van der Waals surface area contributed by atoms with Gasteiger partial charge in [-0.15, -0.1) is 0 Å². The predicted octanol–water partition coefficient (Wildman–Crippen LogP) is 2.73. The molecule has 1 aliphatic heterocycles. The summed E-state index contributed by atoms with van der Waals surface area (Å²) in [6.45, 7) is 2.63. The maximum Gasteiger partial charge on any atom is 0.161 e. The third-order valence-corrected chi connectivity index (χ3v) is 4.11. The second-order valence-corrected chi connectivity index (χ2v) is 5.81. The van der Waals surface area contributed by atoms with E-state index in [9.17, 15) is 5.11 Å². The zero-order valence-corrected chi connectivity index (χ0v) is 12.6. The minimum atomic E-state index is -0.461. The van der Waals surface area contributed by atoms with E-state index in [2.05, 4.69) is 5.32 Å². The van der Waals surface area contributed by atoms with Crippen molar-refractivity contribution in [3.05, 3.63) is 46.2 Å². The molecule has 0 saturated heterocycles. The summed E-state index contributed by atoms with van der Waals surface area (Å²) in [4.78, 5) is 0. The van der Waals surface area contributed by atoms with Crippen molar-refractivity contribution in [1.29, 1.82) is 0 Å². The quantitative estimate of drug-likeness (QED) is 0.892. The molecule has 0 saturated carbocycles. The van der Waals surface area contributed by atoms with E-state index in [4.69, 9.17) is 9.47 Å². The molecule has 21 heavy (non-hydrogen) atoms. The maximum atomic E-state index is 10.0. The standard InChI is InChI=1S/C16H19NO3S/c18-14(13-4-7-21-11-13)10-17-9-12-2-3-15-16(8-12)20-6-1-5-19-15/h2-4,7-8,11,14,17-18H,1,5-6,9-10H2. The van der Waals surface area contributed by atoms with Gasteiger partial charge in [0.05, 0.1) is 19.3 Å². The average Bonchev–Trinajstić information content (AvgIpc) is 2.93. The van der Waals surface area contributed by atoms with Crippen LogP contribution in [0.1, 0.15) is 23.7 Å². The van der Waals surface area contributed by atoms with Crippen LogP contribution in [-0.4, -0.2) is 24.9 Å². The number of nitrogens with one attached hydrogen (secondary N) is 1. The Morgan fingerprint density at radius 2 is 2.05 bits per heavy atom. The third-order valence-electron chi connectivity index (χ3n) is 3.41. The average molecular weight is 305 g/mol. The number of thiophene rings is 1. The number of hydrogen-bond acceptors (Lipinski definition) is 5. The van der Waals surface area contributed by atoms with E-state index < -0.39 is 6.10 Å². The summed E-state index contributed by atoms with van der Waals surface area (Å²) in [7, 11) is 0. The predicted molar refractivity (Wildman–Crippen MR) is 83.0 cm³/mol. The molecule has 0 spiro atoms. The molecule has 1 aliphatic rings. The number of aliphatic hydroxyl groups excluding tert-OH is 1. The van der Waals surface area contributed by atoms with Gasteiger partial charge in [0.25, 0.3) is 0 Å². The summed E-state index contributed by atoms with van der Waals surface area (Å²) in [6.07, 6.45) is 0.450. The Bertz CT molecular complexity index is 571. The molecule has 4 nitrogen and oxygen atoms in total. The lowest BCUT2D eigenvalue weighted by Gasteiger charge is -2.12. The Balaban J connectivity index is 1.55. The van der Waals surface area contributed by atoms with Gasteiger partial charge in [0.15, 0.2) is 11.5 Å². The minimum absolute atomic E-state index is 0.461. The number of ether oxygens (including phenoxy) is 2. The molecule has 2 N–H and O–H groups in total. The molecule has 2 aromatic rings. The summed E-state index contributed by atoms with van der Waals surface area (Å²) in [6, 6.07) is 7.93. The van der Waals surface area contributed by atoms with Crippen LogP contribution in [-0.2, 0) is 6.54 Å². The molecule has 1 atom stereocenters. The van der Waals surface area contributed by atoms with Crippen LogP contribution in [0.4, 0.5) is 0 Å². The highest BCUT2D eigenvalue weighted by atomic mass is 32.1. The summed E-state index contributed by atoms with van der Waals surface area (Å²) < 4.78 is 11.3. The molecule has 0 fully saturated rings. The van der Waals surface area contributed by atoms with Crippen LogP contribution in [0.25, 0.3) is 0 Å². The van der Waals surface area contributed by atoms with Crippen molar-refractivity contribution in [3.8, 4) is 11.5 Å². The van der Waals surface area contributed by atoms with Gasteiger partial charge in [-0.2, -0.15) is 11.3 Å². The lowest BCUT2D eigenvalue weighted by molar-refractivity contribution is 0.175. The molecule has 112 valence electrons. The van der Waals surface area contributed by atoms with E-state index in [-0.39, 0.29) is 0 Å². The molecule has 1 unspecified atom stereocenters. The van der Waals surface area contributed by atoms with Crippen molar-refractivity contribution in [2.75, 3.05) is 19.8 Å². The maximum absolute atomic E-state index is 10.0. The van der Waals surface area contributed by atoms with E-state index in [0.29, 0.717) is 26.3 Å². The molecular formula is C16H19NO3S. The van der Waals surface area contributed by atoms with Crippen LogP contribution in [0.2, 0.25) is 0 Å². The van der Waals surface area contributed by atoms with Crippen molar-refractivity contribution in [2.45, 2.75) is 19.1 Å². The van der Waals surface area contributed by atoms with Gasteiger partial charge in [-0.1, -0.05) is 6.07 Å². The van der Waals surface area contributed by atoms with Crippen LogP contribution in [0.5, 0.6) is 11.5 Å². The van der Waals surface area contributed by atoms with Gasteiger partial charge < -0.3 is 19.9 Å². The zero-order valence-electron chi connectivity index (χ0n) is 11.7. The zero-order chi connectivity index (χ0) is 14.5. The first-order chi connectivity index (χ1) is 10.3. The van der Waals surface area contributed by atoms with Gasteiger partial charge in [0, 0.05) is 19.5 Å². The largest absolute Gasteiger partial charge is 0.490 e. The molecule has 5 heteroatoms. The van der Waals surface area contributed by atoms with Gasteiger partial charge in [-0.25, -0.2) is 0 Å². The molecular weight excluding hydrogens is 286 g/mol. The van der Waals surface area contributed by atoms with Gasteiger partial charge in [-0.05, 0) is 40.1 Å². The van der Waals surface area contributed by atoms with Crippen LogP contribution in [0.3, 0.4) is 0 Å². The first-order valence-electron chi connectivity index (χ1n) is 7.12. The number of hydrogen-bond donors (Lipinski definition) is 2. The molecule has 1 aromatic carbocycles. The normalized spacial score (nSPS) is 15.5. The minimum Gasteiger partial charge on any atom is -0.490 e. The Morgan fingerprint density at radius 3 is 2.86 bits per heavy atom. The van der Waals surface area contributed by atoms with Gasteiger partial charge >= 0.3 is 0 Å². The second-order valence-electron chi connectivity index (χ2n) is 5.03. The summed E-state index contributed by atoms with van der Waals surface area (Å²) in [5, 5.41) is 17.2. The van der Waals surface area contributed by atoms with Crippen LogP contribution >= 0.6 is 11.3 Å². The first kappa shape index (κ1) is 14.4. The van der Waals surface area contributed by atoms with Crippen molar-refractivity contribution in [1.82, 2.24) is 5.32 Å². The van der Waals surface area contributed by atoms with E-state index in [0.717, 1.165) is 29.0 Å². The van der Waals surface area contributed by atoms with E-state index >= 15 is 0 Å². The molecule has 0 aliphatic carbocycles. The van der Waals surface area contributed by atoms with Crippen molar-refractivity contribution in [3.63, 3.8) is 0 Å². The fraction of sp³-hybridized carbons (Fsp3) is 0.375. The lowest BCUT2D eigenvalue weighted by atomic mass is 10.1. The first-order valence-corrected chi connectivity index (χ1v) is 8.06. The SMILES string of the molecule is OC(CNCc1ccc2c(c1)OCCCO2)c1ccsc1. The Hall–Kier alpha value is -1.56. The van der Waals surface area contributed by atoms with Crippen molar-refractivity contribution in [2.24, 2.45) is 0 Å². The second kappa shape index (κ2) is 6.93. The Labute approximate surface area is 128 Å². The Kier molecular flexibility index (Phi) is 4.75. The fourth-order valence-corrected chi connectivity index (χ4v) is 2.96. The lowest BCUT2D eigenvalue weighted by Crippen LogP contribution is -2.20. The monoisotopic (exact) mass is 305 g/mol. The van der Waals surface area contributed by atoms with Gasteiger partial charge in [-0.3, -0.25) is 0 Å². The number of rotatable bonds is 5. The van der Waals surface area contributed by atoms with Crippen molar-refractivity contribution < 1.29 is 14.6 Å². The highest BCUT2D eigenvalue weighted by Gasteiger charge is 2.11. The molecule has 2 heterocycles. The van der Waals surface area contributed by atoms with E-state index in [1.165, 1.54) is 0 Å². The van der Waals surface area contributed by atoms with Gasteiger partial charge in [0.2, 0.25) is 0 Å². The fourth-order valence-electron chi connectivity index (χ4n) is 2.25. The Morgan fingerprint density at radius 1 is 1.19 bits per heavy atom. The topological polar surface area (TPSA) is 50.7 Å². The molecule has 0 radical (unpaired) electrons. The summed E-state index contributed by atoms with van der Waals surface area (Å²) in [5.41, 5.74) is 2.09. The summed E-state index contributed by atoms with van der Waals surface area (Å²) >= 11 is 1.60. The smallest absolute Gasteiger partial charge is 0.161 e. The van der Waals surface area contributed by atoms with E-state index in [1.54, 1.807) is 11.3 Å². The highest BCUT2D eigenvalue weighted by Crippen LogP contribution is 2.30. The molecule has 3 rings (SSSR count). The van der Waals surface area contributed by atoms with Crippen LogP contribution in [0, 0.1) is 0 Å². The number of aliphatic hydroxyl groups is 1. The van der Waals surface area contributed by atoms with Gasteiger partial charge in [0.1, 0.15) is 0 Å². The van der Waals surface area contributed by atoms with Crippen LogP contribution < -0.4 is 14.8 Å². The highest BCUT2D eigenvalue weighted by molar-refractivity contribution is 7.07. The third kappa shape index (κ3) is 3.75. The molecule has 1 aromatic heterocycles. The number of benzene rings is 1. The van der Waals surface area contributed by atoms with Crippen LogP contribution in [0.15, 0.2) is 35.0 Å².